The van der Waals surface area contributed by atoms with Crippen molar-refractivity contribution in [2.24, 2.45) is 0 Å². The van der Waals surface area contributed by atoms with Crippen LogP contribution in [0.5, 0.6) is 11.5 Å². The van der Waals surface area contributed by atoms with E-state index in [4.69, 9.17) is 4.74 Å². The fourth-order valence-electron chi connectivity index (χ4n) is 3.02. The number of benzene rings is 4. The maximum absolute atomic E-state index is 12.6. The first kappa shape index (κ1) is 21.2. The minimum absolute atomic E-state index is 0.0464. The van der Waals surface area contributed by atoms with Crippen LogP contribution in [-0.4, -0.2) is 11.6 Å². The number of rotatable bonds is 6. The first-order chi connectivity index (χ1) is 15.0. The van der Waals surface area contributed by atoms with E-state index in [-0.39, 0.29) is 11.6 Å². The van der Waals surface area contributed by atoms with Gasteiger partial charge >= 0.3 is 0 Å². The Balaban J connectivity index is 1.43. The van der Waals surface area contributed by atoms with Crippen molar-refractivity contribution in [2.45, 2.75) is 0 Å². The van der Waals surface area contributed by atoms with Gasteiger partial charge in [-0.25, -0.2) is 0 Å². The van der Waals surface area contributed by atoms with Gasteiger partial charge < -0.3 is 4.74 Å². The highest BCUT2D eigenvalue weighted by Gasteiger charge is 2.11. The van der Waals surface area contributed by atoms with E-state index in [0.717, 1.165) is 8.95 Å². The van der Waals surface area contributed by atoms with Crippen molar-refractivity contribution in [2.75, 3.05) is 0 Å². The number of ether oxygens (including phenoxy) is 1. The zero-order valence-corrected chi connectivity index (χ0v) is 19.4. The third-order valence-electron chi connectivity index (χ3n) is 4.68. The molecule has 0 spiro atoms. The van der Waals surface area contributed by atoms with Crippen molar-refractivity contribution in [1.82, 2.24) is 0 Å². The smallest absolute Gasteiger partial charge is 0.193 e. The first-order valence-corrected chi connectivity index (χ1v) is 11.1. The quantitative estimate of drug-likeness (QED) is 0.240. The van der Waals surface area contributed by atoms with Gasteiger partial charge in [-0.2, -0.15) is 0 Å². The number of carbonyl (C=O) groups is 2. The highest BCUT2D eigenvalue weighted by Crippen LogP contribution is 2.24. The molecule has 4 aromatic carbocycles. The fraction of sp³-hybridized carbons (Fsp3) is 0. The van der Waals surface area contributed by atoms with Crippen molar-refractivity contribution in [3.05, 3.63) is 128 Å². The minimum atomic E-state index is -0.0464. The molecule has 4 rings (SSSR count). The zero-order valence-electron chi connectivity index (χ0n) is 16.2. The van der Waals surface area contributed by atoms with Gasteiger partial charge in [0.05, 0.1) is 0 Å². The Kier molecular flexibility index (Phi) is 6.44. The summed E-state index contributed by atoms with van der Waals surface area (Å²) in [6, 6.07) is 28.5. The van der Waals surface area contributed by atoms with Crippen LogP contribution < -0.4 is 4.74 Å². The van der Waals surface area contributed by atoms with Gasteiger partial charge in [-0.1, -0.05) is 31.9 Å². The van der Waals surface area contributed by atoms with Crippen LogP contribution in [0, 0.1) is 0 Å². The lowest BCUT2D eigenvalue weighted by Crippen LogP contribution is -2.01. The van der Waals surface area contributed by atoms with E-state index in [2.05, 4.69) is 31.9 Å². The summed E-state index contributed by atoms with van der Waals surface area (Å²) in [5.41, 5.74) is 2.43. The van der Waals surface area contributed by atoms with Gasteiger partial charge in [-0.3, -0.25) is 9.59 Å². The number of halogens is 2. The van der Waals surface area contributed by atoms with Gasteiger partial charge in [-0.15, -0.1) is 0 Å². The lowest BCUT2D eigenvalue weighted by Gasteiger charge is -2.08. The fourth-order valence-corrected chi connectivity index (χ4v) is 3.55. The third kappa shape index (κ3) is 5.19. The van der Waals surface area contributed by atoms with E-state index < -0.39 is 0 Å². The molecule has 0 aliphatic rings. The van der Waals surface area contributed by atoms with Crippen LogP contribution in [0.25, 0.3) is 0 Å². The average Bonchev–Trinajstić information content (AvgIpc) is 2.80. The van der Waals surface area contributed by atoms with Gasteiger partial charge in [0.1, 0.15) is 11.5 Å². The van der Waals surface area contributed by atoms with Crippen molar-refractivity contribution in [1.29, 1.82) is 0 Å². The molecule has 3 nitrogen and oxygen atoms in total. The molecule has 0 aliphatic carbocycles. The molecule has 5 heteroatoms. The summed E-state index contributed by atoms with van der Waals surface area (Å²) in [7, 11) is 0. The summed E-state index contributed by atoms with van der Waals surface area (Å²) in [6.45, 7) is 0. The number of hydrogen-bond acceptors (Lipinski definition) is 3. The second-order valence-electron chi connectivity index (χ2n) is 6.82. The summed E-state index contributed by atoms with van der Waals surface area (Å²) < 4.78 is 7.71. The highest BCUT2D eigenvalue weighted by atomic mass is 79.9. The predicted octanol–water partition coefficient (Wildman–Crippen LogP) is 7.47. The maximum Gasteiger partial charge on any atom is 0.193 e. The molecule has 0 atom stereocenters. The molecule has 0 aromatic heterocycles. The van der Waals surface area contributed by atoms with E-state index >= 15 is 0 Å². The summed E-state index contributed by atoms with van der Waals surface area (Å²) in [4.78, 5) is 25.1. The SMILES string of the molecule is O=C(c1ccc(Br)cc1)c1ccc(Oc2ccc(C(=O)c3ccc(Br)cc3)cc2)cc1. The van der Waals surface area contributed by atoms with Crippen LogP contribution in [0.1, 0.15) is 31.8 Å². The van der Waals surface area contributed by atoms with Crippen molar-refractivity contribution in [3.63, 3.8) is 0 Å². The Hall–Kier alpha value is -3.02. The van der Waals surface area contributed by atoms with E-state index in [1.54, 1.807) is 72.8 Å². The van der Waals surface area contributed by atoms with Crippen LogP contribution in [0.4, 0.5) is 0 Å². The molecule has 0 amide bonds. The molecule has 0 radical (unpaired) electrons. The van der Waals surface area contributed by atoms with Crippen LogP contribution in [0.3, 0.4) is 0 Å². The van der Waals surface area contributed by atoms with Crippen molar-refractivity contribution in [3.8, 4) is 11.5 Å². The van der Waals surface area contributed by atoms with Crippen LogP contribution in [-0.2, 0) is 0 Å². The van der Waals surface area contributed by atoms with Gasteiger partial charge in [0.15, 0.2) is 11.6 Å². The molecule has 0 bridgehead atoms. The van der Waals surface area contributed by atoms with Crippen LogP contribution >= 0.6 is 31.9 Å². The van der Waals surface area contributed by atoms with Crippen LogP contribution in [0.15, 0.2) is 106 Å². The summed E-state index contributed by atoms with van der Waals surface area (Å²) >= 11 is 6.74. The maximum atomic E-state index is 12.6. The Labute approximate surface area is 197 Å². The molecule has 0 heterocycles. The Morgan fingerprint density at radius 1 is 0.452 bits per heavy atom. The molecule has 0 aliphatic heterocycles. The largest absolute Gasteiger partial charge is 0.457 e. The molecule has 31 heavy (non-hydrogen) atoms. The Morgan fingerprint density at radius 3 is 1.00 bits per heavy atom. The predicted molar refractivity (Wildman–Crippen MR) is 128 cm³/mol. The topological polar surface area (TPSA) is 43.4 Å². The standard InChI is InChI=1S/C26H16Br2O3/c27-21-9-1-17(2-10-21)25(29)19-5-13-23(14-6-19)31-24-15-7-20(8-16-24)26(30)18-3-11-22(28)12-4-18/h1-16H. The molecule has 0 N–H and O–H groups in total. The molecule has 0 fully saturated rings. The third-order valence-corrected chi connectivity index (χ3v) is 5.74. The lowest BCUT2D eigenvalue weighted by molar-refractivity contribution is 0.103. The van der Waals surface area contributed by atoms with E-state index in [1.165, 1.54) is 0 Å². The zero-order chi connectivity index (χ0) is 21.8. The van der Waals surface area contributed by atoms with Gasteiger partial charge in [0.25, 0.3) is 0 Å². The summed E-state index contributed by atoms with van der Waals surface area (Å²) in [5, 5.41) is 0. The Morgan fingerprint density at radius 2 is 0.710 bits per heavy atom. The highest BCUT2D eigenvalue weighted by molar-refractivity contribution is 9.10. The second kappa shape index (κ2) is 9.41. The van der Waals surface area contributed by atoms with Gasteiger partial charge in [0, 0.05) is 31.2 Å². The number of hydrogen-bond donors (Lipinski definition) is 0. The van der Waals surface area contributed by atoms with E-state index in [9.17, 15) is 9.59 Å². The second-order valence-corrected chi connectivity index (χ2v) is 8.65. The van der Waals surface area contributed by atoms with Gasteiger partial charge in [-0.05, 0) is 97.1 Å². The minimum Gasteiger partial charge on any atom is -0.457 e. The normalized spacial score (nSPS) is 10.5. The summed E-state index contributed by atoms with van der Waals surface area (Å²) in [6.07, 6.45) is 0. The molecule has 0 saturated heterocycles. The monoisotopic (exact) mass is 534 g/mol. The van der Waals surface area contributed by atoms with E-state index in [0.29, 0.717) is 33.8 Å². The molecular formula is C26H16Br2O3. The van der Waals surface area contributed by atoms with Crippen molar-refractivity contribution < 1.29 is 14.3 Å². The molecule has 152 valence electrons. The number of ketones is 2. The Bertz CT molecular complexity index is 1110. The molecule has 4 aromatic rings. The summed E-state index contributed by atoms with van der Waals surface area (Å²) in [5.74, 6) is 1.13. The lowest BCUT2D eigenvalue weighted by atomic mass is 10.0. The first-order valence-electron chi connectivity index (χ1n) is 9.48. The molecular weight excluding hydrogens is 520 g/mol. The van der Waals surface area contributed by atoms with Crippen molar-refractivity contribution >= 4 is 43.4 Å². The van der Waals surface area contributed by atoms with Gasteiger partial charge in [0.2, 0.25) is 0 Å². The average molecular weight is 536 g/mol. The molecule has 0 saturated carbocycles. The van der Waals surface area contributed by atoms with E-state index in [1.807, 2.05) is 24.3 Å². The number of carbonyl (C=O) groups excluding carboxylic acids is 2. The van der Waals surface area contributed by atoms with Crippen LogP contribution in [0.2, 0.25) is 0 Å². The molecule has 0 unspecified atom stereocenters.